The van der Waals surface area contributed by atoms with Crippen LogP contribution in [0.1, 0.15) is 18.1 Å². The van der Waals surface area contributed by atoms with E-state index in [2.05, 4.69) is 10.3 Å². The first kappa shape index (κ1) is 22.7. The zero-order valence-corrected chi connectivity index (χ0v) is 18.7. The summed E-state index contributed by atoms with van der Waals surface area (Å²) in [4.78, 5) is 29.0. The second kappa shape index (κ2) is 10.9. The van der Waals surface area contributed by atoms with E-state index in [1.54, 1.807) is 36.5 Å². The fourth-order valence-electron chi connectivity index (χ4n) is 3.31. The first-order chi connectivity index (χ1) is 16.6. The SMILES string of the molecule is C[C@@H](OC(=O)/C=C\c1cccc2cccnc12)C(=O)Nc1ccc(OCc2ccccc2)cc1. The van der Waals surface area contributed by atoms with Crippen molar-refractivity contribution in [1.82, 2.24) is 4.98 Å². The highest BCUT2D eigenvalue weighted by Gasteiger charge is 2.16. The number of aromatic nitrogens is 1. The van der Waals surface area contributed by atoms with Gasteiger partial charge in [0, 0.05) is 28.9 Å². The van der Waals surface area contributed by atoms with Crippen LogP contribution in [0, 0.1) is 0 Å². The van der Waals surface area contributed by atoms with Gasteiger partial charge in [-0.25, -0.2) is 4.79 Å². The molecule has 1 N–H and O–H groups in total. The molecule has 1 heterocycles. The second-order valence-corrected chi connectivity index (χ2v) is 7.62. The van der Waals surface area contributed by atoms with Gasteiger partial charge in [-0.05, 0) is 48.9 Å². The predicted octanol–water partition coefficient (Wildman–Crippen LogP) is 5.40. The van der Waals surface area contributed by atoms with Crippen molar-refractivity contribution in [3.8, 4) is 5.75 Å². The van der Waals surface area contributed by atoms with E-state index in [-0.39, 0.29) is 0 Å². The van der Waals surface area contributed by atoms with E-state index in [9.17, 15) is 9.59 Å². The third-order valence-electron chi connectivity index (χ3n) is 5.10. The van der Waals surface area contributed by atoms with Crippen molar-refractivity contribution in [3.05, 3.63) is 108 Å². The smallest absolute Gasteiger partial charge is 0.331 e. The van der Waals surface area contributed by atoms with Crippen LogP contribution in [0.3, 0.4) is 0 Å². The van der Waals surface area contributed by atoms with Crippen molar-refractivity contribution in [2.45, 2.75) is 19.6 Å². The molecule has 3 aromatic carbocycles. The van der Waals surface area contributed by atoms with Crippen LogP contribution >= 0.6 is 0 Å². The van der Waals surface area contributed by atoms with Gasteiger partial charge in [-0.2, -0.15) is 0 Å². The lowest BCUT2D eigenvalue weighted by molar-refractivity contribution is -0.148. The molecular weight excluding hydrogens is 428 g/mol. The molecule has 6 nitrogen and oxygen atoms in total. The Morgan fingerprint density at radius 2 is 1.71 bits per heavy atom. The lowest BCUT2D eigenvalue weighted by Gasteiger charge is -2.13. The number of nitrogens with one attached hydrogen (secondary N) is 1. The Bertz CT molecular complexity index is 1300. The maximum absolute atomic E-state index is 12.4. The van der Waals surface area contributed by atoms with E-state index in [4.69, 9.17) is 9.47 Å². The van der Waals surface area contributed by atoms with Gasteiger partial charge in [0.25, 0.3) is 5.91 Å². The van der Waals surface area contributed by atoms with Gasteiger partial charge in [0.1, 0.15) is 12.4 Å². The predicted molar refractivity (Wildman–Crippen MR) is 132 cm³/mol. The summed E-state index contributed by atoms with van der Waals surface area (Å²) in [5.41, 5.74) is 3.23. The Morgan fingerprint density at radius 1 is 0.941 bits per heavy atom. The first-order valence-corrected chi connectivity index (χ1v) is 10.9. The third-order valence-corrected chi connectivity index (χ3v) is 5.10. The number of benzene rings is 3. The van der Waals surface area contributed by atoms with E-state index in [1.807, 2.05) is 60.7 Å². The summed E-state index contributed by atoms with van der Waals surface area (Å²) < 4.78 is 11.0. The van der Waals surface area contributed by atoms with Crippen molar-refractivity contribution in [2.75, 3.05) is 5.32 Å². The minimum absolute atomic E-state index is 0.425. The van der Waals surface area contributed by atoms with E-state index < -0.39 is 18.0 Å². The number of anilines is 1. The van der Waals surface area contributed by atoms with Crippen LogP contribution in [0.4, 0.5) is 5.69 Å². The van der Waals surface area contributed by atoms with Crippen LogP contribution < -0.4 is 10.1 Å². The molecule has 0 saturated carbocycles. The molecule has 0 bridgehead atoms. The van der Waals surface area contributed by atoms with Crippen molar-refractivity contribution in [3.63, 3.8) is 0 Å². The number of carbonyl (C=O) groups is 2. The molecule has 0 radical (unpaired) electrons. The molecule has 0 aliphatic heterocycles. The molecule has 1 aromatic heterocycles. The summed E-state index contributed by atoms with van der Waals surface area (Å²) in [7, 11) is 0. The monoisotopic (exact) mass is 452 g/mol. The fourth-order valence-corrected chi connectivity index (χ4v) is 3.31. The number of pyridine rings is 1. The van der Waals surface area contributed by atoms with Gasteiger partial charge in [-0.15, -0.1) is 0 Å². The van der Waals surface area contributed by atoms with Gasteiger partial charge in [0.05, 0.1) is 5.52 Å². The Balaban J connectivity index is 1.28. The number of hydrogen-bond donors (Lipinski definition) is 1. The molecule has 0 unspecified atom stereocenters. The highest BCUT2D eigenvalue weighted by molar-refractivity contribution is 5.97. The van der Waals surface area contributed by atoms with Crippen LogP contribution in [-0.2, 0) is 20.9 Å². The number of amides is 1. The lowest BCUT2D eigenvalue weighted by Crippen LogP contribution is -2.29. The lowest BCUT2D eigenvalue weighted by atomic mass is 10.1. The second-order valence-electron chi connectivity index (χ2n) is 7.62. The number of ether oxygens (including phenoxy) is 2. The van der Waals surface area contributed by atoms with Gasteiger partial charge in [-0.3, -0.25) is 9.78 Å². The molecule has 0 spiro atoms. The Kier molecular flexibility index (Phi) is 7.30. The highest BCUT2D eigenvalue weighted by Crippen LogP contribution is 2.19. The number of esters is 1. The molecule has 0 aliphatic carbocycles. The van der Waals surface area contributed by atoms with Gasteiger partial charge < -0.3 is 14.8 Å². The number of rotatable bonds is 8. The van der Waals surface area contributed by atoms with E-state index >= 15 is 0 Å². The number of para-hydroxylation sites is 1. The van der Waals surface area contributed by atoms with Crippen molar-refractivity contribution in [2.24, 2.45) is 0 Å². The maximum atomic E-state index is 12.4. The zero-order chi connectivity index (χ0) is 23.8. The van der Waals surface area contributed by atoms with Crippen LogP contribution in [-0.4, -0.2) is 23.0 Å². The van der Waals surface area contributed by atoms with Crippen molar-refractivity contribution < 1.29 is 19.1 Å². The molecule has 1 atom stereocenters. The quantitative estimate of drug-likeness (QED) is 0.286. The van der Waals surface area contributed by atoms with Crippen molar-refractivity contribution in [1.29, 1.82) is 0 Å². The van der Waals surface area contributed by atoms with Crippen molar-refractivity contribution >= 4 is 34.5 Å². The first-order valence-electron chi connectivity index (χ1n) is 10.9. The molecule has 0 saturated heterocycles. The largest absolute Gasteiger partial charge is 0.489 e. The van der Waals surface area contributed by atoms with Crippen LogP contribution in [0.15, 0.2) is 97.2 Å². The normalized spacial score (nSPS) is 11.8. The van der Waals surface area contributed by atoms with Crippen LogP contribution in [0.5, 0.6) is 5.75 Å². The third kappa shape index (κ3) is 6.07. The van der Waals surface area contributed by atoms with Gasteiger partial charge in [-0.1, -0.05) is 54.6 Å². The number of carbonyl (C=O) groups excluding carboxylic acids is 2. The van der Waals surface area contributed by atoms with Gasteiger partial charge in [0.2, 0.25) is 0 Å². The number of hydrogen-bond acceptors (Lipinski definition) is 5. The molecular formula is C28H24N2O4. The van der Waals surface area contributed by atoms with Gasteiger partial charge in [0.15, 0.2) is 6.10 Å². The standard InChI is InChI=1S/C28H24N2O4/c1-20(34-26(31)17-12-23-10-5-9-22-11-6-18-29-27(22)23)28(32)30-24-13-15-25(16-14-24)33-19-21-7-3-2-4-8-21/h2-18,20H,19H2,1H3,(H,30,32)/b17-12-/t20-/m1/s1. The molecule has 0 fully saturated rings. The molecule has 4 aromatic rings. The summed E-state index contributed by atoms with van der Waals surface area (Å²) in [6, 6.07) is 26.4. The summed E-state index contributed by atoms with van der Waals surface area (Å²) in [6.45, 7) is 1.99. The Labute approximate surface area is 197 Å². The fraction of sp³-hybridized carbons (Fsp3) is 0.107. The molecule has 34 heavy (non-hydrogen) atoms. The van der Waals surface area contributed by atoms with E-state index in [0.717, 1.165) is 22.0 Å². The average molecular weight is 453 g/mol. The minimum atomic E-state index is -0.961. The summed E-state index contributed by atoms with van der Waals surface area (Å²) in [5.74, 6) is -0.346. The van der Waals surface area contributed by atoms with E-state index in [1.165, 1.54) is 13.0 Å². The van der Waals surface area contributed by atoms with Crippen LogP contribution in [0.2, 0.25) is 0 Å². The number of nitrogens with zero attached hydrogens (tertiary/aromatic N) is 1. The summed E-state index contributed by atoms with van der Waals surface area (Å²) >= 11 is 0. The zero-order valence-electron chi connectivity index (χ0n) is 18.7. The minimum Gasteiger partial charge on any atom is -0.489 e. The Morgan fingerprint density at radius 3 is 2.50 bits per heavy atom. The highest BCUT2D eigenvalue weighted by atomic mass is 16.5. The topological polar surface area (TPSA) is 77.5 Å². The summed E-state index contributed by atoms with van der Waals surface area (Å²) in [5, 5.41) is 3.71. The maximum Gasteiger partial charge on any atom is 0.331 e. The average Bonchev–Trinajstić information content (AvgIpc) is 2.87. The Hall–Kier alpha value is -4.45. The van der Waals surface area contributed by atoms with Gasteiger partial charge >= 0.3 is 5.97 Å². The number of fused-ring (bicyclic) bond motifs is 1. The summed E-state index contributed by atoms with van der Waals surface area (Å²) in [6.07, 6.45) is 3.67. The molecule has 4 rings (SSSR count). The molecule has 0 aliphatic rings. The molecule has 1 amide bonds. The molecule has 6 heteroatoms. The molecule has 170 valence electrons. The van der Waals surface area contributed by atoms with E-state index in [0.29, 0.717) is 18.0 Å². The van der Waals surface area contributed by atoms with Crippen LogP contribution in [0.25, 0.3) is 17.0 Å².